The summed E-state index contributed by atoms with van der Waals surface area (Å²) in [6.45, 7) is 2.91. The highest BCUT2D eigenvalue weighted by Crippen LogP contribution is 2.47. The summed E-state index contributed by atoms with van der Waals surface area (Å²) in [6, 6.07) is 3.86. The monoisotopic (exact) mass is 378 g/mol. The number of carbonyl (C=O) groups excluding carboxylic acids is 2. The Morgan fingerprint density at radius 1 is 1.27 bits per heavy atom. The summed E-state index contributed by atoms with van der Waals surface area (Å²) in [5.41, 5.74) is 0.398. The van der Waals surface area contributed by atoms with Crippen LogP contribution < -0.4 is 5.32 Å². The molecular formula is C20H30N2O3S. The van der Waals surface area contributed by atoms with Gasteiger partial charge in [0.05, 0.1) is 11.5 Å². The molecule has 3 rings (SSSR count). The third-order valence-electron chi connectivity index (χ3n) is 6.11. The van der Waals surface area contributed by atoms with Gasteiger partial charge in [-0.3, -0.25) is 9.59 Å². The quantitative estimate of drug-likeness (QED) is 0.773. The summed E-state index contributed by atoms with van der Waals surface area (Å²) in [5, 5.41) is 4.89. The molecule has 1 aliphatic carbocycles. The summed E-state index contributed by atoms with van der Waals surface area (Å²) in [7, 11) is 1.64. The molecule has 26 heavy (non-hydrogen) atoms. The predicted octanol–water partition coefficient (Wildman–Crippen LogP) is 3.31. The number of piperidine rings is 1. The number of likely N-dealkylation sites (tertiary alicyclic amines) is 1. The maximum atomic E-state index is 12.5. The number of rotatable bonds is 6. The van der Waals surface area contributed by atoms with Crippen LogP contribution in [-0.4, -0.2) is 50.1 Å². The van der Waals surface area contributed by atoms with E-state index in [1.807, 2.05) is 22.4 Å². The Labute approximate surface area is 160 Å². The van der Waals surface area contributed by atoms with Crippen LogP contribution in [0.15, 0.2) is 17.5 Å². The second-order valence-electron chi connectivity index (χ2n) is 7.76. The van der Waals surface area contributed by atoms with Crippen molar-refractivity contribution in [1.29, 1.82) is 0 Å². The fourth-order valence-electron chi connectivity index (χ4n) is 4.36. The van der Waals surface area contributed by atoms with Crippen LogP contribution >= 0.6 is 11.3 Å². The topological polar surface area (TPSA) is 58.6 Å². The fraction of sp³-hybridized carbons (Fsp3) is 0.700. The Morgan fingerprint density at radius 2 is 2.00 bits per heavy atom. The Kier molecular flexibility index (Phi) is 6.70. The van der Waals surface area contributed by atoms with Crippen molar-refractivity contribution in [3.8, 4) is 0 Å². The maximum absolute atomic E-state index is 12.5. The number of amides is 2. The molecule has 2 aliphatic rings. The van der Waals surface area contributed by atoms with Gasteiger partial charge in [0.15, 0.2) is 0 Å². The number of nitrogens with one attached hydrogen (secondary N) is 1. The first-order chi connectivity index (χ1) is 12.6. The molecule has 144 valence electrons. The van der Waals surface area contributed by atoms with Crippen LogP contribution in [0, 0.1) is 11.3 Å². The third kappa shape index (κ3) is 4.86. The summed E-state index contributed by atoms with van der Waals surface area (Å²) in [6.07, 6.45) is 7.53. The zero-order valence-corrected chi connectivity index (χ0v) is 16.5. The lowest BCUT2D eigenvalue weighted by atomic mass is 9.65. The van der Waals surface area contributed by atoms with Gasteiger partial charge in [-0.2, -0.15) is 0 Å². The van der Waals surface area contributed by atoms with Crippen molar-refractivity contribution in [3.63, 3.8) is 0 Å². The fourth-order valence-corrected chi connectivity index (χ4v) is 5.05. The summed E-state index contributed by atoms with van der Waals surface area (Å²) < 4.78 is 4.96. The number of methoxy groups -OCH3 is 1. The van der Waals surface area contributed by atoms with Crippen LogP contribution in [0.25, 0.3) is 0 Å². The summed E-state index contributed by atoms with van der Waals surface area (Å²) in [4.78, 5) is 27.3. The largest absolute Gasteiger partial charge is 0.383 e. The molecule has 1 N–H and O–H groups in total. The van der Waals surface area contributed by atoms with Gasteiger partial charge in [-0.05, 0) is 61.3 Å². The van der Waals surface area contributed by atoms with E-state index in [4.69, 9.17) is 4.74 Å². The molecule has 1 aromatic rings. The van der Waals surface area contributed by atoms with Crippen LogP contribution in [0.2, 0.25) is 0 Å². The molecule has 2 amide bonds. The number of hydrogen-bond donors (Lipinski definition) is 1. The molecule has 1 saturated heterocycles. The van der Waals surface area contributed by atoms with Crippen molar-refractivity contribution in [3.05, 3.63) is 22.4 Å². The van der Waals surface area contributed by atoms with E-state index in [2.05, 4.69) is 5.32 Å². The standard InChI is InChI=1S/C20H30N2O3S/c1-25-13-10-21-18(23)15-16-4-6-20(7-5-16)8-11-22(12-9-20)19(24)17-3-2-14-26-17/h2-3,14,16H,4-13,15H2,1H3,(H,21,23). The highest BCUT2D eigenvalue weighted by molar-refractivity contribution is 7.12. The Hall–Kier alpha value is -1.40. The van der Waals surface area contributed by atoms with Crippen molar-refractivity contribution >= 4 is 23.2 Å². The number of nitrogens with zero attached hydrogens (tertiary/aromatic N) is 1. The average molecular weight is 379 g/mol. The van der Waals surface area contributed by atoms with E-state index < -0.39 is 0 Å². The average Bonchev–Trinajstić information content (AvgIpc) is 3.19. The van der Waals surface area contributed by atoms with Gasteiger partial charge >= 0.3 is 0 Å². The second kappa shape index (κ2) is 9.00. The normalized spacial score (nSPS) is 20.3. The van der Waals surface area contributed by atoms with Gasteiger partial charge in [0.1, 0.15) is 0 Å². The third-order valence-corrected chi connectivity index (χ3v) is 6.97. The minimum Gasteiger partial charge on any atom is -0.383 e. The van der Waals surface area contributed by atoms with E-state index in [1.54, 1.807) is 7.11 Å². The maximum Gasteiger partial charge on any atom is 0.263 e. The van der Waals surface area contributed by atoms with E-state index >= 15 is 0 Å². The lowest BCUT2D eigenvalue weighted by Gasteiger charge is -2.46. The first-order valence-electron chi connectivity index (χ1n) is 9.70. The molecular weight excluding hydrogens is 348 g/mol. The zero-order chi connectivity index (χ0) is 18.4. The first kappa shape index (κ1) is 19.4. The Morgan fingerprint density at radius 3 is 2.62 bits per heavy atom. The molecule has 2 fully saturated rings. The van der Waals surface area contributed by atoms with Crippen molar-refractivity contribution in [2.45, 2.75) is 44.9 Å². The van der Waals surface area contributed by atoms with Crippen molar-refractivity contribution < 1.29 is 14.3 Å². The molecule has 2 heterocycles. The van der Waals surface area contributed by atoms with E-state index in [9.17, 15) is 9.59 Å². The minimum atomic E-state index is 0.152. The number of ether oxygens (including phenoxy) is 1. The van der Waals surface area contributed by atoms with Crippen LogP contribution in [0.4, 0.5) is 0 Å². The van der Waals surface area contributed by atoms with Crippen LogP contribution in [0.1, 0.15) is 54.6 Å². The highest BCUT2D eigenvalue weighted by Gasteiger charge is 2.39. The molecule has 0 atom stereocenters. The lowest BCUT2D eigenvalue weighted by Crippen LogP contribution is -2.44. The van der Waals surface area contributed by atoms with Crippen molar-refractivity contribution in [2.75, 3.05) is 33.4 Å². The van der Waals surface area contributed by atoms with Gasteiger partial charge in [-0.15, -0.1) is 11.3 Å². The van der Waals surface area contributed by atoms with Gasteiger partial charge in [-0.25, -0.2) is 0 Å². The molecule has 0 radical (unpaired) electrons. The molecule has 1 aromatic heterocycles. The Balaban J connectivity index is 1.41. The van der Waals surface area contributed by atoms with Gasteiger partial charge in [0.25, 0.3) is 5.91 Å². The second-order valence-corrected chi connectivity index (χ2v) is 8.71. The Bertz CT molecular complexity index is 584. The van der Waals surface area contributed by atoms with E-state index in [0.717, 1.165) is 43.6 Å². The number of carbonyl (C=O) groups is 2. The van der Waals surface area contributed by atoms with E-state index in [0.29, 0.717) is 30.9 Å². The van der Waals surface area contributed by atoms with Crippen molar-refractivity contribution in [2.24, 2.45) is 11.3 Å². The molecule has 0 unspecified atom stereocenters. The molecule has 1 saturated carbocycles. The molecule has 0 bridgehead atoms. The molecule has 0 aromatic carbocycles. The number of hydrogen-bond acceptors (Lipinski definition) is 4. The van der Waals surface area contributed by atoms with Crippen LogP contribution in [-0.2, 0) is 9.53 Å². The predicted molar refractivity (Wildman–Crippen MR) is 103 cm³/mol. The molecule has 1 spiro atoms. The first-order valence-corrected chi connectivity index (χ1v) is 10.6. The smallest absolute Gasteiger partial charge is 0.263 e. The van der Waals surface area contributed by atoms with Crippen LogP contribution in [0.5, 0.6) is 0 Å². The van der Waals surface area contributed by atoms with Gasteiger partial charge in [0.2, 0.25) is 5.91 Å². The minimum absolute atomic E-state index is 0.152. The molecule has 6 heteroatoms. The van der Waals surface area contributed by atoms with Gasteiger partial charge < -0.3 is 15.0 Å². The van der Waals surface area contributed by atoms with Gasteiger partial charge in [0, 0.05) is 33.2 Å². The summed E-state index contributed by atoms with van der Waals surface area (Å²) in [5.74, 6) is 0.851. The number of thiophene rings is 1. The zero-order valence-electron chi connectivity index (χ0n) is 15.7. The van der Waals surface area contributed by atoms with E-state index in [1.165, 1.54) is 24.2 Å². The highest BCUT2D eigenvalue weighted by atomic mass is 32.1. The molecule has 1 aliphatic heterocycles. The van der Waals surface area contributed by atoms with Crippen molar-refractivity contribution in [1.82, 2.24) is 10.2 Å². The van der Waals surface area contributed by atoms with E-state index in [-0.39, 0.29) is 11.8 Å². The van der Waals surface area contributed by atoms with Crippen LogP contribution in [0.3, 0.4) is 0 Å². The summed E-state index contributed by atoms with van der Waals surface area (Å²) >= 11 is 1.53. The SMILES string of the molecule is COCCNC(=O)CC1CCC2(CC1)CCN(C(=O)c1cccs1)CC2. The van der Waals surface area contributed by atoms with Gasteiger partial charge in [-0.1, -0.05) is 6.07 Å². The molecule has 5 nitrogen and oxygen atoms in total. The lowest BCUT2D eigenvalue weighted by molar-refractivity contribution is -0.122.